The molecule has 0 fully saturated rings. The Balaban J connectivity index is 2.78. The number of unbranched alkanes of at least 4 members (excludes halogenated alkanes) is 1. The van der Waals surface area contributed by atoms with E-state index in [-0.39, 0.29) is 11.9 Å². The van der Waals surface area contributed by atoms with E-state index in [1.165, 1.54) is 7.11 Å². The molecular weight excluding hydrogens is 336 g/mol. The minimum atomic E-state index is -0.384. The van der Waals surface area contributed by atoms with E-state index in [0.29, 0.717) is 23.1 Å². The highest BCUT2D eigenvalue weighted by Gasteiger charge is 2.10. The molecule has 0 bridgehead atoms. The molecular formula is C16H19BrO4. The molecule has 0 saturated carbocycles. The Morgan fingerprint density at radius 1 is 1.24 bits per heavy atom. The standard InChI is InChI=1S/C16H19BrO4/c1-3-4-9-21-16(19)14(11-17)10-12-5-7-13(8-6-12)15(18)20-2/h5-8,10H,3-4,9,11H2,1-2H3. The van der Waals surface area contributed by atoms with Crippen LogP contribution in [0.5, 0.6) is 0 Å². The van der Waals surface area contributed by atoms with Gasteiger partial charge >= 0.3 is 11.9 Å². The van der Waals surface area contributed by atoms with E-state index in [0.717, 1.165) is 18.4 Å². The summed E-state index contributed by atoms with van der Waals surface area (Å²) in [5, 5.41) is 0.413. The van der Waals surface area contributed by atoms with Crippen molar-refractivity contribution in [3.8, 4) is 0 Å². The van der Waals surface area contributed by atoms with E-state index >= 15 is 0 Å². The molecule has 0 amide bonds. The summed E-state index contributed by atoms with van der Waals surface area (Å²) >= 11 is 3.29. The van der Waals surface area contributed by atoms with Gasteiger partial charge in [-0.1, -0.05) is 41.4 Å². The molecule has 114 valence electrons. The maximum absolute atomic E-state index is 11.9. The lowest BCUT2D eigenvalue weighted by Crippen LogP contribution is -2.10. The maximum Gasteiger partial charge on any atom is 0.337 e. The van der Waals surface area contributed by atoms with Crippen LogP contribution < -0.4 is 0 Å². The van der Waals surface area contributed by atoms with Gasteiger partial charge in [0.25, 0.3) is 0 Å². The van der Waals surface area contributed by atoms with E-state index in [2.05, 4.69) is 20.7 Å². The molecule has 0 aliphatic heterocycles. The predicted octanol–water partition coefficient (Wildman–Crippen LogP) is 3.59. The van der Waals surface area contributed by atoms with E-state index in [1.807, 2.05) is 6.92 Å². The zero-order valence-electron chi connectivity index (χ0n) is 12.2. The van der Waals surface area contributed by atoms with Gasteiger partial charge in [-0.2, -0.15) is 0 Å². The van der Waals surface area contributed by atoms with Gasteiger partial charge in [-0.15, -0.1) is 0 Å². The fourth-order valence-electron chi connectivity index (χ4n) is 1.59. The number of esters is 2. The molecule has 0 atom stereocenters. The number of benzene rings is 1. The summed E-state index contributed by atoms with van der Waals surface area (Å²) in [6.07, 6.45) is 3.58. The van der Waals surface area contributed by atoms with E-state index in [4.69, 9.17) is 4.74 Å². The number of carbonyl (C=O) groups is 2. The minimum absolute atomic E-state index is 0.322. The maximum atomic E-state index is 11.9. The summed E-state index contributed by atoms with van der Waals surface area (Å²) in [5.74, 6) is -0.706. The topological polar surface area (TPSA) is 52.6 Å². The number of alkyl halides is 1. The van der Waals surface area contributed by atoms with Gasteiger partial charge in [0.15, 0.2) is 0 Å². The van der Waals surface area contributed by atoms with Crippen LogP contribution in [0.25, 0.3) is 6.08 Å². The number of rotatable bonds is 7. The number of hydrogen-bond acceptors (Lipinski definition) is 4. The highest BCUT2D eigenvalue weighted by atomic mass is 79.9. The molecule has 0 heterocycles. The first-order valence-corrected chi connectivity index (χ1v) is 7.86. The van der Waals surface area contributed by atoms with E-state index < -0.39 is 0 Å². The lowest BCUT2D eigenvalue weighted by atomic mass is 10.1. The lowest BCUT2D eigenvalue weighted by molar-refractivity contribution is -0.138. The van der Waals surface area contributed by atoms with Crippen molar-refractivity contribution >= 4 is 33.9 Å². The Kier molecular flexibility index (Phi) is 7.75. The Morgan fingerprint density at radius 3 is 2.43 bits per heavy atom. The lowest BCUT2D eigenvalue weighted by Gasteiger charge is -2.06. The van der Waals surface area contributed by atoms with Gasteiger partial charge < -0.3 is 9.47 Å². The normalized spacial score (nSPS) is 11.1. The average molecular weight is 355 g/mol. The summed E-state index contributed by atoms with van der Waals surface area (Å²) in [7, 11) is 1.34. The second-order valence-corrected chi connectivity index (χ2v) is 4.97. The van der Waals surface area contributed by atoms with Crippen molar-refractivity contribution in [3.05, 3.63) is 41.0 Å². The van der Waals surface area contributed by atoms with Crippen LogP contribution in [0.3, 0.4) is 0 Å². The molecule has 1 rings (SSSR count). The molecule has 1 aromatic carbocycles. The first kappa shape index (κ1) is 17.4. The van der Waals surface area contributed by atoms with Crippen LogP contribution in [0.1, 0.15) is 35.7 Å². The Labute approximate surface area is 133 Å². The highest BCUT2D eigenvalue weighted by Crippen LogP contribution is 2.13. The quantitative estimate of drug-likeness (QED) is 0.325. The van der Waals surface area contributed by atoms with Gasteiger partial charge in [0, 0.05) is 10.9 Å². The van der Waals surface area contributed by atoms with Crippen LogP contribution in [0.2, 0.25) is 0 Å². The SMILES string of the molecule is CCCCOC(=O)C(=Cc1ccc(C(=O)OC)cc1)CBr. The molecule has 0 aliphatic rings. The van der Waals surface area contributed by atoms with Crippen molar-refractivity contribution < 1.29 is 19.1 Å². The summed E-state index contributed by atoms with van der Waals surface area (Å²) < 4.78 is 9.81. The van der Waals surface area contributed by atoms with Crippen LogP contribution in [0.4, 0.5) is 0 Å². The molecule has 0 unspecified atom stereocenters. The molecule has 0 aliphatic carbocycles. The summed E-state index contributed by atoms with van der Waals surface area (Å²) in [4.78, 5) is 23.2. The van der Waals surface area contributed by atoms with Crippen molar-refractivity contribution in [3.63, 3.8) is 0 Å². The monoisotopic (exact) mass is 354 g/mol. The van der Waals surface area contributed by atoms with Crippen molar-refractivity contribution in [2.75, 3.05) is 19.0 Å². The predicted molar refractivity (Wildman–Crippen MR) is 85.4 cm³/mol. The van der Waals surface area contributed by atoms with Crippen molar-refractivity contribution in [1.29, 1.82) is 0 Å². The summed E-state index contributed by atoms with van der Waals surface area (Å²) in [6, 6.07) is 6.83. The van der Waals surface area contributed by atoms with E-state index in [9.17, 15) is 9.59 Å². The average Bonchev–Trinajstić information content (AvgIpc) is 2.52. The molecule has 0 spiro atoms. The second kappa shape index (κ2) is 9.34. The van der Waals surface area contributed by atoms with Crippen LogP contribution in [0.15, 0.2) is 29.8 Å². The van der Waals surface area contributed by atoms with Gasteiger partial charge in [0.1, 0.15) is 0 Å². The number of halogens is 1. The second-order valence-electron chi connectivity index (χ2n) is 4.41. The molecule has 0 saturated heterocycles. The molecule has 0 N–H and O–H groups in total. The van der Waals surface area contributed by atoms with Crippen molar-refractivity contribution in [2.45, 2.75) is 19.8 Å². The first-order valence-electron chi connectivity index (χ1n) is 6.74. The minimum Gasteiger partial charge on any atom is -0.465 e. The van der Waals surface area contributed by atoms with Crippen LogP contribution >= 0.6 is 15.9 Å². The van der Waals surface area contributed by atoms with E-state index in [1.54, 1.807) is 30.3 Å². The number of hydrogen-bond donors (Lipinski definition) is 0. The Hall–Kier alpha value is -1.62. The fourth-order valence-corrected chi connectivity index (χ4v) is 1.98. The molecule has 5 heteroatoms. The van der Waals surface area contributed by atoms with Crippen molar-refractivity contribution in [1.82, 2.24) is 0 Å². The zero-order valence-corrected chi connectivity index (χ0v) is 13.8. The largest absolute Gasteiger partial charge is 0.465 e. The highest BCUT2D eigenvalue weighted by molar-refractivity contribution is 9.09. The van der Waals surface area contributed by atoms with Gasteiger partial charge in [0.05, 0.1) is 19.3 Å². The summed E-state index contributed by atoms with van der Waals surface area (Å²) in [5.41, 5.74) is 1.84. The van der Waals surface area contributed by atoms with Gasteiger partial charge in [-0.25, -0.2) is 9.59 Å². The third-order valence-corrected chi connectivity index (χ3v) is 3.41. The summed E-state index contributed by atoms with van der Waals surface area (Å²) in [6.45, 7) is 2.47. The Morgan fingerprint density at radius 2 is 1.90 bits per heavy atom. The number of carbonyl (C=O) groups excluding carboxylic acids is 2. The molecule has 0 aromatic heterocycles. The molecule has 21 heavy (non-hydrogen) atoms. The van der Waals surface area contributed by atoms with Crippen LogP contribution in [-0.4, -0.2) is 31.0 Å². The number of methoxy groups -OCH3 is 1. The zero-order chi connectivity index (χ0) is 15.7. The third-order valence-electron chi connectivity index (χ3n) is 2.81. The van der Waals surface area contributed by atoms with Crippen LogP contribution in [0, 0.1) is 0 Å². The van der Waals surface area contributed by atoms with Crippen LogP contribution in [-0.2, 0) is 14.3 Å². The molecule has 4 nitrogen and oxygen atoms in total. The third kappa shape index (κ3) is 5.71. The Bertz CT molecular complexity index is 506. The number of ether oxygens (including phenoxy) is 2. The smallest absolute Gasteiger partial charge is 0.337 e. The fraction of sp³-hybridized carbons (Fsp3) is 0.375. The van der Waals surface area contributed by atoms with Gasteiger partial charge in [-0.05, 0) is 30.2 Å². The van der Waals surface area contributed by atoms with Crippen molar-refractivity contribution in [2.24, 2.45) is 0 Å². The first-order chi connectivity index (χ1) is 10.1. The van der Waals surface area contributed by atoms with Gasteiger partial charge in [0.2, 0.25) is 0 Å². The molecule has 1 aromatic rings. The van der Waals surface area contributed by atoms with Gasteiger partial charge in [-0.3, -0.25) is 0 Å². The molecule has 0 radical (unpaired) electrons.